The first kappa shape index (κ1) is 12.9. The Hall–Kier alpha value is -0.570. The monoisotopic (exact) mass is 254 g/mol. The Labute approximate surface area is 108 Å². The minimum Gasteiger partial charge on any atom is -0.392 e. The SMILES string of the molecule is CC1COCCC1C(O)Cc1cccc(Cl)c1. The summed E-state index contributed by atoms with van der Waals surface area (Å²) in [5.41, 5.74) is 1.10. The molecule has 1 N–H and O–H groups in total. The largest absolute Gasteiger partial charge is 0.392 e. The van der Waals surface area contributed by atoms with E-state index in [4.69, 9.17) is 16.3 Å². The molecular formula is C14H19ClO2. The van der Waals surface area contributed by atoms with Crippen LogP contribution in [-0.4, -0.2) is 24.4 Å². The van der Waals surface area contributed by atoms with Crippen LogP contribution in [0.15, 0.2) is 24.3 Å². The Morgan fingerprint density at radius 1 is 1.53 bits per heavy atom. The second-order valence-corrected chi connectivity index (χ2v) is 5.34. The maximum atomic E-state index is 10.3. The van der Waals surface area contributed by atoms with Crippen LogP contribution in [0.2, 0.25) is 5.02 Å². The molecule has 1 aromatic rings. The zero-order valence-electron chi connectivity index (χ0n) is 10.1. The molecular weight excluding hydrogens is 236 g/mol. The number of rotatable bonds is 3. The first-order chi connectivity index (χ1) is 8.16. The molecule has 0 amide bonds. The number of benzene rings is 1. The summed E-state index contributed by atoms with van der Waals surface area (Å²) in [6.45, 7) is 3.67. The molecule has 0 aromatic heterocycles. The molecule has 0 spiro atoms. The van der Waals surface area contributed by atoms with E-state index in [2.05, 4.69) is 6.92 Å². The third-order valence-electron chi connectivity index (χ3n) is 3.54. The normalized spacial score (nSPS) is 26.8. The molecule has 1 heterocycles. The van der Waals surface area contributed by atoms with Crippen molar-refractivity contribution in [3.05, 3.63) is 34.9 Å². The van der Waals surface area contributed by atoms with Gasteiger partial charge in [-0.2, -0.15) is 0 Å². The van der Waals surface area contributed by atoms with Crippen LogP contribution in [-0.2, 0) is 11.2 Å². The maximum Gasteiger partial charge on any atom is 0.0612 e. The average molecular weight is 255 g/mol. The van der Waals surface area contributed by atoms with Gasteiger partial charge < -0.3 is 9.84 Å². The lowest BCUT2D eigenvalue weighted by atomic mass is 9.83. The molecule has 0 aliphatic carbocycles. The Balaban J connectivity index is 1.98. The van der Waals surface area contributed by atoms with E-state index in [1.54, 1.807) is 0 Å². The van der Waals surface area contributed by atoms with Gasteiger partial charge in [0.1, 0.15) is 0 Å². The molecule has 1 saturated heterocycles. The lowest BCUT2D eigenvalue weighted by Crippen LogP contribution is -2.35. The summed E-state index contributed by atoms with van der Waals surface area (Å²) in [5.74, 6) is 0.765. The van der Waals surface area contributed by atoms with E-state index < -0.39 is 0 Å². The molecule has 94 valence electrons. The molecule has 1 aliphatic heterocycles. The number of aliphatic hydroxyl groups is 1. The van der Waals surface area contributed by atoms with Crippen LogP contribution in [0, 0.1) is 11.8 Å². The molecule has 0 bridgehead atoms. The van der Waals surface area contributed by atoms with Crippen LogP contribution in [0.1, 0.15) is 18.9 Å². The fourth-order valence-electron chi connectivity index (χ4n) is 2.53. The van der Waals surface area contributed by atoms with Crippen molar-refractivity contribution < 1.29 is 9.84 Å². The lowest BCUT2D eigenvalue weighted by Gasteiger charge is -2.32. The second-order valence-electron chi connectivity index (χ2n) is 4.91. The molecule has 17 heavy (non-hydrogen) atoms. The van der Waals surface area contributed by atoms with Crippen LogP contribution in [0.3, 0.4) is 0 Å². The Bertz CT molecular complexity index is 367. The van der Waals surface area contributed by atoms with E-state index >= 15 is 0 Å². The van der Waals surface area contributed by atoms with E-state index in [0.29, 0.717) is 18.3 Å². The molecule has 0 radical (unpaired) electrons. The highest BCUT2D eigenvalue weighted by molar-refractivity contribution is 6.30. The Morgan fingerprint density at radius 2 is 2.35 bits per heavy atom. The number of aliphatic hydroxyl groups excluding tert-OH is 1. The number of halogens is 1. The Kier molecular flexibility index (Phi) is 4.43. The summed E-state index contributed by atoms with van der Waals surface area (Å²) in [5, 5.41) is 11.0. The molecule has 3 unspecified atom stereocenters. The van der Waals surface area contributed by atoms with Gasteiger partial charge in [0.05, 0.1) is 6.10 Å². The van der Waals surface area contributed by atoms with Crippen molar-refractivity contribution >= 4 is 11.6 Å². The van der Waals surface area contributed by atoms with Crippen molar-refractivity contribution in [2.24, 2.45) is 11.8 Å². The van der Waals surface area contributed by atoms with E-state index in [1.165, 1.54) is 0 Å². The number of hydrogen-bond donors (Lipinski definition) is 1. The van der Waals surface area contributed by atoms with Crippen molar-refractivity contribution in [1.29, 1.82) is 0 Å². The number of hydrogen-bond acceptors (Lipinski definition) is 2. The van der Waals surface area contributed by atoms with Crippen molar-refractivity contribution in [2.75, 3.05) is 13.2 Å². The van der Waals surface area contributed by atoms with Gasteiger partial charge in [-0.25, -0.2) is 0 Å². The molecule has 0 saturated carbocycles. The average Bonchev–Trinajstić information content (AvgIpc) is 2.29. The highest BCUT2D eigenvalue weighted by atomic mass is 35.5. The van der Waals surface area contributed by atoms with E-state index in [-0.39, 0.29) is 6.10 Å². The fourth-order valence-corrected chi connectivity index (χ4v) is 2.74. The maximum absolute atomic E-state index is 10.3. The van der Waals surface area contributed by atoms with Crippen LogP contribution < -0.4 is 0 Å². The minimum atomic E-state index is -0.299. The zero-order chi connectivity index (χ0) is 12.3. The van der Waals surface area contributed by atoms with Crippen LogP contribution >= 0.6 is 11.6 Å². The summed E-state index contributed by atoms with van der Waals surface area (Å²) in [4.78, 5) is 0. The molecule has 3 atom stereocenters. The van der Waals surface area contributed by atoms with Crippen LogP contribution in [0.5, 0.6) is 0 Å². The molecule has 2 nitrogen and oxygen atoms in total. The minimum absolute atomic E-state index is 0.299. The quantitative estimate of drug-likeness (QED) is 0.899. The topological polar surface area (TPSA) is 29.5 Å². The zero-order valence-corrected chi connectivity index (χ0v) is 10.9. The van der Waals surface area contributed by atoms with Crippen molar-refractivity contribution in [3.8, 4) is 0 Å². The molecule has 1 aromatic carbocycles. The highest BCUT2D eigenvalue weighted by Crippen LogP contribution is 2.27. The van der Waals surface area contributed by atoms with Crippen LogP contribution in [0.4, 0.5) is 0 Å². The molecule has 3 heteroatoms. The van der Waals surface area contributed by atoms with Crippen molar-refractivity contribution in [2.45, 2.75) is 25.9 Å². The van der Waals surface area contributed by atoms with Gasteiger partial charge in [0.15, 0.2) is 0 Å². The molecule has 1 fully saturated rings. The first-order valence-corrected chi connectivity index (χ1v) is 6.55. The van der Waals surface area contributed by atoms with Crippen molar-refractivity contribution in [3.63, 3.8) is 0 Å². The van der Waals surface area contributed by atoms with Gasteiger partial charge in [-0.3, -0.25) is 0 Å². The number of ether oxygens (including phenoxy) is 1. The van der Waals surface area contributed by atoms with Gasteiger partial charge in [0, 0.05) is 18.2 Å². The van der Waals surface area contributed by atoms with Crippen LogP contribution in [0.25, 0.3) is 0 Å². The lowest BCUT2D eigenvalue weighted by molar-refractivity contribution is -0.0294. The molecule has 2 rings (SSSR count). The Morgan fingerprint density at radius 3 is 3.06 bits per heavy atom. The second kappa shape index (κ2) is 5.85. The third kappa shape index (κ3) is 3.44. The summed E-state index contributed by atoms with van der Waals surface area (Å²) >= 11 is 5.94. The summed E-state index contributed by atoms with van der Waals surface area (Å²) in [7, 11) is 0. The summed E-state index contributed by atoms with van der Waals surface area (Å²) in [6, 6.07) is 7.72. The predicted molar refractivity (Wildman–Crippen MR) is 69.3 cm³/mol. The van der Waals surface area contributed by atoms with Gasteiger partial charge in [-0.05, 0) is 42.4 Å². The first-order valence-electron chi connectivity index (χ1n) is 6.17. The van der Waals surface area contributed by atoms with E-state index in [1.807, 2.05) is 24.3 Å². The highest BCUT2D eigenvalue weighted by Gasteiger charge is 2.28. The van der Waals surface area contributed by atoms with Gasteiger partial charge in [-0.1, -0.05) is 30.7 Å². The predicted octanol–water partition coefficient (Wildman–Crippen LogP) is 2.92. The summed E-state index contributed by atoms with van der Waals surface area (Å²) < 4.78 is 5.40. The van der Waals surface area contributed by atoms with Crippen molar-refractivity contribution in [1.82, 2.24) is 0 Å². The molecule has 1 aliphatic rings. The summed E-state index contributed by atoms with van der Waals surface area (Å²) in [6.07, 6.45) is 1.32. The van der Waals surface area contributed by atoms with E-state index in [9.17, 15) is 5.11 Å². The van der Waals surface area contributed by atoms with E-state index in [0.717, 1.165) is 30.2 Å². The van der Waals surface area contributed by atoms with Gasteiger partial charge in [0.2, 0.25) is 0 Å². The van der Waals surface area contributed by atoms with Gasteiger partial charge in [-0.15, -0.1) is 0 Å². The fraction of sp³-hybridized carbons (Fsp3) is 0.571. The third-order valence-corrected chi connectivity index (χ3v) is 3.77. The van der Waals surface area contributed by atoms with Gasteiger partial charge in [0.25, 0.3) is 0 Å². The van der Waals surface area contributed by atoms with Gasteiger partial charge >= 0.3 is 0 Å². The standard InChI is InChI=1S/C14H19ClO2/c1-10-9-17-6-5-13(10)14(16)8-11-3-2-4-12(15)7-11/h2-4,7,10,13-14,16H,5-6,8-9H2,1H3. The smallest absolute Gasteiger partial charge is 0.0612 e.